The number of hydrogen-bond acceptors (Lipinski definition) is 2. The molecule has 0 saturated carbocycles. The summed E-state index contributed by atoms with van der Waals surface area (Å²) in [5, 5.41) is 0. The molecule has 0 spiro atoms. The van der Waals surface area contributed by atoms with E-state index in [9.17, 15) is 0 Å². The van der Waals surface area contributed by atoms with E-state index in [0.717, 1.165) is 21.7 Å². The topological polar surface area (TPSA) is 12.4 Å². The minimum atomic E-state index is 0.723. The summed E-state index contributed by atoms with van der Waals surface area (Å²) in [5.41, 5.74) is 2.45. The molecule has 0 heterocycles. The second-order valence-electron chi connectivity index (χ2n) is 2.42. The molecular formula is C9H13NS. The first-order chi connectivity index (χ1) is 5.00. The van der Waals surface area contributed by atoms with Crippen LogP contribution < -0.4 is 0 Å². The van der Waals surface area contributed by atoms with Crippen LogP contribution in [0.2, 0.25) is 0 Å². The first kappa shape index (κ1) is 10.2. The Hall–Kier alpha value is -0.760. The first-order valence-electron chi connectivity index (χ1n) is 3.22. The second-order valence-corrected chi connectivity index (χ2v) is 2.86. The zero-order valence-corrected chi connectivity index (χ0v) is 7.91. The van der Waals surface area contributed by atoms with Gasteiger partial charge in [0.25, 0.3) is 0 Å². The van der Waals surface area contributed by atoms with Gasteiger partial charge in [0.2, 0.25) is 0 Å². The van der Waals surface area contributed by atoms with E-state index in [1.807, 2.05) is 13.8 Å². The Balaban J connectivity index is 4.99. The molecule has 0 aliphatic rings. The summed E-state index contributed by atoms with van der Waals surface area (Å²) < 4.78 is 0. The normalized spacial score (nSPS) is 11.9. The third-order valence-corrected chi connectivity index (χ3v) is 1.78. The van der Waals surface area contributed by atoms with Crippen LogP contribution in [0.4, 0.5) is 0 Å². The molecule has 0 aliphatic heterocycles. The van der Waals surface area contributed by atoms with E-state index in [1.165, 1.54) is 0 Å². The van der Waals surface area contributed by atoms with Crippen LogP contribution in [0.5, 0.6) is 0 Å². The largest absolute Gasteiger partial charge is 0.263 e. The zero-order chi connectivity index (χ0) is 9.02. The van der Waals surface area contributed by atoms with Gasteiger partial charge in [0.1, 0.15) is 0 Å². The maximum atomic E-state index is 4.22. The van der Waals surface area contributed by atoms with Crippen molar-refractivity contribution in [2.45, 2.75) is 13.8 Å². The highest BCUT2D eigenvalue weighted by molar-refractivity contribution is 7.84. The Kier molecular flexibility index (Phi) is 3.90. The van der Waals surface area contributed by atoms with Gasteiger partial charge in [0, 0.05) is 4.91 Å². The Morgan fingerprint density at radius 3 is 1.73 bits per heavy atom. The molecule has 0 amide bonds. The van der Waals surface area contributed by atoms with E-state index >= 15 is 0 Å². The Morgan fingerprint density at radius 1 is 1.18 bits per heavy atom. The highest BCUT2D eigenvalue weighted by atomic mass is 32.1. The summed E-state index contributed by atoms with van der Waals surface area (Å²) in [5.74, 6) is 0. The number of aliphatic imine (C=N–C) groups is 1. The van der Waals surface area contributed by atoms with E-state index in [2.05, 4.69) is 37.5 Å². The fraction of sp³-hybridized carbons (Fsp3) is 0.222. The summed E-state index contributed by atoms with van der Waals surface area (Å²) in [6.45, 7) is 14.7. The van der Waals surface area contributed by atoms with Gasteiger partial charge in [0.15, 0.2) is 0 Å². The van der Waals surface area contributed by atoms with E-state index in [0.29, 0.717) is 0 Å². The molecule has 0 aromatic heterocycles. The first-order valence-corrected chi connectivity index (χ1v) is 3.67. The zero-order valence-electron chi connectivity index (χ0n) is 7.02. The van der Waals surface area contributed by atoms with Crippen LogP contribution in [0, 0.1) is 0 Å². The SMILES string of the molecule is C=N/C(C(=C)C)=C(\S)C(=C)C. The van der Waals surface area contributed by atoms with Crippen LogP contribution in [0.15, 0.2) is 39.9 Å². The predicted octanol–water partition coefficient (Wildman–Crippen LogP) is 2.98. The molecule has 11 heavy (non-hydrogen) atoms. The van der Waals surface area contributed by atoms with Gasteiger partial charge in [0.05, 0.1) is 5.70 Å². The number of thiol groups is 1. The van der Waals surface area contributed by atoms with Crippen LogP contribution in [0.25, 0.3) is 0 Å². The molecule has 1 nitrogen and oxygen atoms in total. The Bertz CT molecular complexity index is 236. The van der Waals surface area contributed by atoms with Gasteiger partial charge < -0.3 is 0 Å². The maximum Gasteiger partial charge on any atom is 0.0781 e. The van der Waals surface area contributed by atoms with Gasteiger partial charge in [-0.1, -0.05) is 13.2 Å². The molecule has 0 saturated heterocycles. The number of allylic oxidation sites excluding steroid dienone is 2. The monoisotopic (exact) mass is 167 g/mol. The van der Waals surface area contributed by atoms with E-state index in [1.54, 1.807) is 0 Å². The molecule has 0 atom stereocenters. The van der Waals surface area contributed by atoms with Crippen LogP contribution in [-0.4, -0.2) is 6.72 Å². The fourth-order valence-corrected chi connectivity index (χ4v) is 0.876. The van der Waals surface area contributed by atoms with Gasteiger partial charge in [-0.2, -0.15) is 0 Å². The van der Waals surface area contributed by atoms with Crippen LogP contribution >= 0.6 is 12.6 Å². The van der Waals surface area contributed by atoms with Gasteiger partial charge >= 0.3 is 0 Å². The lowest BCUT2D eigenvalue weighted by Gasteiger charge is -2.04. The molecule has 0 rings (SSSR count). The predicted molar refractivity (Wildman–Crippen MR) is 55.2 cm³/mol. The van der Waals surface area contributed by atoms with Gasteiger partial charge in [-0.25, -0.2) is 0 Å². The lowest BCUT2D eigenvalue weighted by Crippen LogP contribution is -1.85. The van der Waals surface area contributed by atoms with Gasteiger partial charge in [-0.05, 0) is 31.7 Å². The average molecular weight is 167 g/mol. The van der Waals surface area contributed by atoms with E-state index in [-0.39, 0.29) is 0 Å². The molecule has 0 N–H and O–H groups in total. The van der Waals surface area contributed by atoms with Crippen molar-refractivity contribution in [1.29, 1.82) is 0 Å². The lowest BCUT2D eigenvalue weighted by atomic mass is 10.2. The van der Waals surface area contributed by atoms with Crippen molar-refractivity contribution in [2.24, 2.45) is 4.99 Å². The number of rotatable bonds is 3. The molecule has 0 bridgehead atoms. The lowest BCUT2D eigenvalue weighted by molar-refractivity contribution is 1.28. The van der Waals surface area contributed by atoms with Crippen molar-refractivity contribution in [2.75, 3.05) is 0 Å². The molecule has 0 aromatic carbocycles. The van der Waals surface area contributed by atoms with Crippen LogP contribution in [0.1, 0.15) is 13.8 Å². The van der Waals surface area contributed by atoms with E-state index < -0.39 is 0 Å². The molecule has 60 valence electrons. The third kappa shape index (κ3) is 2.76. The molecule has 0 aromatic rings. The van der Waals surface area contributed by atoms with Crippen molar-refractivity contribution in [3.63, 3.8) is 0 Å². The quantitative estimate of drug-likeness (QED) is 0.377. The Labute approximate surface area is 73.6 Å². The minimum Gasteiger partial charge on any atom is -0.263 e. The molecule has 0 radical (unpaired) electrons. The van der Waals surface area contributed by atoms with Crippen molar-refractivity contribution in [3.05, 3.63) is 34.9 Å². The summed E-state index contributed by atoms with van der Waals surface area (Å²) in [7, 11) is 0. The van der Waals surface area contributed by atoms with Gasteiger partial charge in [-0.3, -0.25) is 4.99 Å². The Morgan fingerprint density at radius 2 is 1.64 bits per heavy atom. The summed E-state index contributed by atoms with van der Waals surface area (Å²) in [6.07, 6.45) is 0. The summed E-state index contributed by atoms with van der Waals surface area (Å²) in [6, 6.07) is 0. The molecule has 0 fully saturated rings. The number of nitrogens with zero attached hydrogens (tertiary/aromatic N) is 1. The molecular weight excluding hydrogens is 154 g/mol. The van der Waals surface area contributed by atoms with Crippen molar-refractivity contribution < 1.29 is 0 Å². The minimum absolute atomic E-state index is 0.723. The highest BCUT2D eigenvalue weighted by Crippen LogP contribution is 2.22. The second kappa shape index (κ2) is 4.19. The van der Waals surface area contributed by atoms with Crippen LogP contribution in [0.3, 0.4) is 0 Å². The standard InChI is InChI=1S/C9H13NS/c1-6(2)8(10-5)9(11)7(3)4/h11H,1,3,5H2,2,4H3/b9-8-. The van der Waals surface area contributed by atoms with Crippen molar-refractivity contribution >= 4 is 19.3 Å². The molecule has 0 unspecified atom stereocenters. The molecule has 2 heteroatoms. The van der Waals surface area contributed by atoms with Crippen molar-refractivity contribution in [3.8, 4) is 0 Å². The van der Waals surface area contributed by atoms with Gasteiger partial charge in [-0.15, -0.1) is 12.6 Å². The summed E-state index contributed by atoms with van der Waals surface area (Å²) >= 11 is 4.22. The van der Waals surface area contributed by atoms with Crippen molar-refractivity contribution in [1.82, 2.24) is 0 Å². The maximum absolute atomic E-state index is 4.22. The fourth-order valence-electron chi connectivity index (χ4n) is 0.614. The van der Waals surface area contributed by atoms with E-state index in [4.69, 9.17) is 0 Å². The smallest absolute Gasteiger partial charge is 0.0781 e. The van der Waals surface area contributed by atoms with Crippen LogP contribution in [-0.2, 0) is 0 Å². The summed E-state index contributed by atoms with van der Waals surface area (Å²) in [4.78, 5) is 4.56. The highest BCUT2D eigenvalue weighted by Gasteiger charge is 2.01. The molecule has 0 aliphatic carbocycles. The average Bonchev–Trinajstić information content (AvgIpc) is 1.88. The third-order valence-electron chi connectivity index (χ3n) is 1.19. The number of hydrogen-bond donors (Lipinski definition) is 1.